The molecule has 1 unspecified atom stereocenters. The molecule has 6 nitrogen and oxygen atoms in total. The van der Waals surface area contributed by atoms with Crippen molar-refractivity contribution in [1.29, 1.82) is 0 Å². The van der Waals surface area contributed by atoms with Gasteiger partial charge in [-0.25, -0.2) is 9.97 Å². The molecule has 1 atom stereocenters. The fourth-order valence-corrected chi connectivity index (χ4v) is 3.31. The molecular weight excluding hydrogens is 328 g/mol. The fourth-order valence-electron chi connectivity index (χ4n) is 3.31. The minimum absolute atomic E-state index is 0.173. The average molecular weight is 354 g/mol. The number of carbonyl (C=O) groups excluding carboxylic acids is 1. The number of nitrogens with zero attached hydrogens (tertiary/aromatic N) is 3. The Morgan fingerprint density at radius 2 is 2.19 bits per heavy atom. The predicted molar refractivity (Wildman–Crippen MR) is 102 cm³/mol. The van der Waals surface area contributed by atoms with Crippen LogP contribution in [0.4, 0.5) is 5.95 Å². The first kappa shape index (κ1) is 18.2. The zero-order valence-electron chi connectivity index (χ0n) is 15.4. The summed E-state index contributed by atoms with van der Waals surface area (Å²) in [5.74, 6) is 1.94. The number of methoxy groups -OCH3 is 1. The molecule has 1 fully saturated rings. The highest BCUT2D eigenvalue weighted by Crippen LogP contribution is 2.20. The summed E-state index contributed by atoms with van der Waals surface area (Å²) >= 11 is 0. The van der Waals surface area contributed by atoms with Crippen LogP contribution in [0.15, 0.2) is 36.5 Å². The molecule has 0 radical (unpaired) electrons. The molecule has 1 amide bonds. The molecule has 1 saturated heterocycles. The summed E-state index contributed by atoms with van der Waals surface area (Å²) in [6.45, 7) is 4.65. The SMILES string of the molecule is COc1ccccc1CCNC(=O)c1ccnc(N2CCCC(C)C2)n1. The molecule has 2 aromatic rings. The van der Waals surface area contributed by atoms with E-state index >= 15 is 0 Å². The predicted octanol–water partition coefficient (Wildman–Crippen LogP) is 2.69. The molecule has 2 heterocycles. The van der Waals surface area contributed by atoms with Gasteiger partial charge in [-0.1, -0.05) is 25.1 Å². The van der Waals surface area contributed by atoms with E-state index in [4.69, 9.17) is 4.74 Å². The number of hydrogen-bond donors (Lipinski definition) is 1. The van der Waals surface area contributed by atoms with E-state index in [9.17, 15) is 4.79 Å². The van der Waals surface area contributed by atoms with Gasteiger partial charge in [-0.3, -0.25) is 4.79 Å². The van der Waals surface area contributed by atoms with Crippen LogP contribution in [-0.2, 0) is 6.42 Å². The van der Waals surface area contributed by atoms with Gasteiger partial charge >= 0.3 is 0 Å². The quantitative estimate of drug-likeness (QED) is 0.864. The molecule has 138 valence electrons. The topological polar surface area (TPSA) is 67.3 Å². The Labute approximate surface area is 154 Å². The van der Waals surface area contributed by atoms with E-state index in [-0.39, 0.29) is 5.91 Å². The molecule has 1 aromatic heterocycles. The van der Waals surface area contributed by atoms with Crippen molar-refractivity contribution < 1.29 is 9.53 Å². The van der Waals surface area contributed by atoms with Crippen molar-refractivity contribution in [3.63, 3.8) is 0 Å². The summed E-state index contributed by atoms with van der Waals surface area (Å²) in [7, 11) is 1.65. The molecule has 1 aromatic carbocycles. The van der Waals surface area contributed by atoms with Gasteiger partial charge < -0.3 is 15.0 Å². The minimum Gasteiger partial charge on any atom is -0.496 e. The second-order valence-corrected chi connectivity index (χ2v) is 6.75. The van der Waals surface area contributed by atoms with E-state index in [1.165, 1.54) is 6.42 Å². The molecule has 0 bridgehead atoms. The lowest BCUT2D eigenvalue weighted by molar-refractivity contribution is 0.0949. The van der Waals surface area contributed by atoms with Crippen LogP contribution in [0.1, 0.15) is 35.8 Å². The summed E-state index contributed by atoms with van der Waals surface area (Å²) in [4.78, 5) is 23.4. The van der Waals surface area contributed by atoms with Crippen molar-refractivity contribution in [1.82, 2.24) is 15.3 Å². The Balaban J connectivity index is 1.58. The zero-order chi connectivity index (χ0) is 18.4. The van der Waals surface area contributed by atoms with Crippen LogP contribution in [0.25, 0.3) is 0 Å². The highest BCUT2D eigenvalue weighted by Gasteiger charge is 2.19. The van der Waals surface area contributed by atoms with Crippen molar-refractivity contribution in [3.05, 3.63) is 47.8 Å². The van der Waals surface area contributed by atoms with Gasteiger partial charge in [0, 0.05) is 25.8 Å². The molecule has 1 aliphatic heterocycles. The maximum Gasteiger partial charge on any atom is 0.270 e. The number of para-hydroxylation sites is 1. The van der Waals surface area contributed by atoms with E-state index in [0.29, 0.717) is 30.5 Å². The number of amides is 1. The van der Waals surface area contributed by atoms with E-state index in [2.05, 4.69) is 27.1 Å². The monoisotopic (exact) mass is 354 g/mol. The lowest BCUT2D eigenvalue weighted by atomic mass is 10.0. The van der Waals surface area contributed by atoms with Crippen LogP contribution >= 0.6 is 0 Å². The lowest BCUT2D eigenvalue weighted by Gasteiger charge is -2.30. The number of ether oxygens (including phenoxy) is 1. The third kappa shape index (κ3) is 4.50. The van der Waals surface area contributed by atoms with Gasteiger partial charge in [0.15, 0.2) is 0 Å². The largest absolute Gasteiger partial charge is 0.496 e. The Bertz CT molecular complexity index is 750. The highest BCUT2D eigenvalue weighted by atomic mass is 16.5. The van der Waals surface area contributed by atoms with Crippen LogP contribution in [0.3, 0.4) is 0 Å². The Hall–Kier alpha value is -2.63. The minimum atomic E-state index is -0.173. The van der Waals surface area contributed by atoms with Gasteiger partial charge in [-0.05, 0) is 42.9 Å². The van der Waals surface area contributed by atoms with Crippen LogP contribution < -0.4 is 15.0 Å². The molecule has 3 rings (SSSR count). The fraction of sp³-hybridized carbons (Fsp3) is 0.450. The maximum atomic E-state index is 12.4. The number of anilines is 1. The van der Waals surface area contributed by atoms with Crippen molar-refractivity contribution in [2.45, 2.75) is 26.2 Å². The van der Waals surface area contributed by atoms with Gasteiger partial charge in [0.2, 0.25) is 5.95 Å². The maximum absolute atomic E-state index is 12.4. The number of piperidine rings is 1. The summed E-state index contributed by atoms with van der Waals surface area (Å²) in [5, 5.41) is 2.93. The van der Waals surface area contributed by atoms with Crippen molar-refractivity contribution >= 4 is 11.9 Å². The second-order valence-electron chi connectivity index (χ2n) is 6.75. The smallest absolute Gasteiger partial charge is 0.270 e. The first-order valence-corrected chi connectivity index (χ1v) is 9.15. The highest BCUT2D eigenvalue weighted by molar-refractivity contribution is 5.92. The first-order chi connectivity index (χ1) is 12.7. The van der Waals surface area contributed by atoms with Gasteiger partial charge in [0.25, 0.3) is 5.91 Å². The molecule has 6 heteroatoms. The van der Waals surface area contributed by atoms with E-state index in [0.717, 1.165) is 30.8 Å². The Morgan fingerprint density at radius 1 is 1.35 bits per heavy atom. The lowest BCUT2D eigenvalue weighted by Crippen LogP contribution is -2.36. The van der Waals surface area contributed by atoms with Crippen molar-refractivity contribution in [2.24, 2.45) is 5.92 Å². The molecule has 0 spiro atoms. The normalized spacial score (nSPS) is 17.0. The number of rotatable bonds is 6. The first-order valence-electron chi connectivity index (χ1n) is 9.15. The summed E-state index contributed by atoms with van der Waals surface area (Å²) in [5.41, 5.74) is 1.48. The second kappa shape index (κ2) is 8.65. The third-order valence-corrected chi connectivity index (χ3v) is 4.69. The Kier molecular flexibility index (Phi) is 6.04. The van der Waals surface area contributed by atoms with Gasteiger partial charge in [-0.15, -0.1) is 0 Å². The summed E-state index contributed by atoms with van der Waals surface area (Å²) in [6, 6.07) is 9.49. The standard InChI is InChI=1S/C20H26N4O2/c1-15-6-5-13-24(14-15)20-22-12-10-17(23-20)19(25)21-11-9-16-7-3-4-8-18(16)26-2/h3-4,7-8,10,12,15H,5-6,9,11,13-14H2,1-2H3,(H,21,25). The number of aromatic nitrogens is 2. The Morgan fingerprint density at radius 3 is 3.00 bits per heavy atom. The molecule has 0 saturated carbocycles. The number of carbonyl (C=O) groups is 1. The number of benzene rings is 1. The molecule has 1 N–H and O–H groups in total. The molecule has 1 aliphatic rings. The van der Waals surface area contributed by atoms with Crippen LogP contribution in [-0.4, -0.2) is 42.6 Å². The summed E-state index contributed by atoms with van der Waals surface area (Å²) in [6.07, 6.45) is 4.74. The van der Waals surface area contributed by atoms with Crippen LogP contribution in [0, 0.1) is 5.92 Å². The zero-order valence-corrected chi connectivity index (χ0v) is 15.4. The molecule has 26 heavy (non-hydrogen) atoms. The van der Waals surface area contributed by atoms with E-state index < -0.39 is 0 Å². The van der Waals surface area contributed by atoms with E-state index in [1.807, 2.05) is 24.3 Å². The van der Waals surface area contributed by atoms with Gasteiger partial charge in [-0.2, -0.15) is 0 Å². The van der Waals surface area contributed by atoms with Crippen molar-refractivity contribution in [3.8, 4) is 5.75 Å². The van der Waals surface area contributed by atoms with Crippen LogP contribution in [0.5, 0.6) is 5.75 Å². The molecular formula is C20H26N4O2. The van der Waals surface area contributed by atoms with Crippen LogP contribution in [0.2, 0.25) is 0 Å². The van der Waals surface area contributed by atoms with Gasteiger partial charge in [0.1, 0.15) is 11.4 Å². The van der Waals surface area contributed by atoms with Gasteiger partial charge in [0.05, 0.1) is 7.11 Å². The third-order valence-electron chi connectivity index (χ3n) is 4.69. The number of hydrogen-bond acceptors (Lipinski definition) is 5. The number of nitrogens with one attached hydrogen (secondary N) is 1. The average Bonchev–Trinajstić information content (AvgIpc) is 2.68. The summed E-state index contributed by atoms with van der Waals surface area (Å²) < 4.78 is 5.34. The van der Waals surface area contributed by atoms with Crippen molar-refractivity contribution in [2.75, 3.05) is 31.6 Å². The molecule has 0 aliphatic carbocycles. The van der Waals surface area contributed by atoms with E-state index in [1.54, 1.807) is 19.4 Å².